The minimum atomic E-state index is -0.945. The molecule has 2 aromatic carbocycles. The van der Waals surface area contributed by atoms with E-state index in [0.29, 0.717) is 16.8 Å². The van der Waals surface area contributed by atoms with Crippen molar-refractivity contribution < 1.29 is 19.1 Å². The average Bonchev–Trinajstić information content (AvgIpc) is 2.57. The monoisotopic (exact) mass is 339 g/mol. The summed E-state index contributed by atoms with van der Waals surface area (Å²) < 4.78 is 5.26. The lowest BCUT2D eigenvalue weighted by Crippen LogP contribution is -2.30. The Hall–Kier alpha value is -2.95. The second kappa shape index (κ2) is 7.75. The Balaban J connectivity index is 2.01. The van der Waals surface area contributed by atoms with Crippen LogP contribution >= 0.6 is 0 Å². The van der Waals surface area contributed by atoms with Crippen LogP contribution in [0, 0.1) is 13.8 Å². The molecule has 1 N–H and O–H groups in total. The zero-order valence-corrected chi connectivity index (χ0v) is 14.8. The molecule has 0 aliphatic heterocycles. The van der Waals surface area contributed by atoms with Gasteiger partial charge in [0.05, 0.1) is 5.56 Å². The molecule has 0 radical (unpaired) electrons. The van der Waals surface area contributed by atoms with Crippen molar-refractivity contribution in [2.45, 2.75) is 33.8 Å². The highest BCUT2D eigenvalue weighted by Gasteiger charge is 2.20. The largest absolute Gasteiger partial charge is 0.449 e. The number of hydrogen-bond acceptors (Lipinski definition) is 4. The quantitative estimate of drug-likeness (QED) is 0.666. The standard InChI is InChI=1S/C20H21NO4/c1-12-6-5-7-18(13(12)2)20(24)25-15(4)19(23)21-17-10-8-16(9-11-17)14(3)22/h5-11,15H,1-4H3,(H,21,23)/t15-/m0/s1. The normalized spacial score (nSPS) is 11.5. The molecule has 0 aliphatic carbocycles. The molecule has 130 valence electrons. The molecule has 0 saturated heterocycles. The Morgan fingerprint density at radius 2 is 1.64 bits per heavy atom. The Kier molecular flexibility index (Phi) is 5.70. The van der Waals surface area contributed by atoms with Crippen molar-refractivity contribution in [3.8, 4) is 0 Å². The van der Waals surface area contributed by atoms with Gasteiger partial charge in [0.25, 0.3) is 5.91 Å². The van der Waals surface area contributed by atoms with Crippen molar-refractivity contribution in [1.82, 2.24) is 0 Å². The molecule has 1 amide bonds. The summed E-state index contributed by atoms with van der Waals surface area (Å²) in [5, 5.41) is 2.66. The smallest absolute Gasteiger partial charge is 0.339 e. The summed E-state index contributed by atoms with van der Waals surface area (Å²) in [5.74, 6) is -1.02. The van der Waals surface area contributed by atoms with Crippen molar-refractivity contribution in [3.63, 3.8) is 0 Å². The predicted octanol–water partition coefficient (Wildman–Crippen LogP) is 3.69. The average molecular weight is 339 g/mol. The van der Waals surface area contributed by atoms with Gasteiger partial charge in [0.1, 0.15) is 0 Å². The van der Waals surface area contributed by atoms with Gasteiger partial charge in [-0.05, 0) is 69.2 Å². The van der Waals surface area contributed by atoms with E-state index in [4.69, 9.17) is 4.74 Å². The Morgan fingerprint density at radius 3 is 2.24 bits per heavy atom. The molecule has 0 unspecified atom stereocenters. The van der Waals surface area contributed by atoms with Crippen molar-refractivity contribution in [3.05, 3.63) is 64.7 Å². The summed E-state index contributed by atoms with van der Waals surface area (Å²) in [6.45, 7) is 6.74. The van der Waals surface area contributed by atoms with Gasteiger partial charge in [0.15, 0.2) is 11.9 Å². The number of ether oxygens (including phenoxy) is 1. The fourth-order valence-electron chi connectivity index (χ4n) is 2.28. The highest BCUT2D eigenvalue weighted by Crippen LogP contribution is 2.15. The van der Waals surface area contributed by atoms with Gasteiger partial charge in [-0.25, -0.2) is 4.79 Å². The topological polar surface area (TPSA) is 72.5 Å². The number of carbonyl (C=O) groups is 3. The van der Waals surface area contributed by atoms with Crippen molar-refractivity contribution in [2.24, 2.45) is 0 Å². The molecule has 2 rings (SSSR count). The molecular formula is C20H21NO4. The van der Waals surface area contributed by atoms with Gasteiger partial charge >= 0.3 is 5.97 Å². The van der Waals surface area contributed by atoms with Crippen LogP contribution in [-0.4, -0.2) is 23.8 Å². The SMILES string of the molecule is CC(=O)c1ccc(NC(=O)[C@H](C)OC(=O)c2cccc(C)c2C)cc1. The van der Waals surface area contributed by atoms with Gasteiger partial charge in [-0.15, -0.1) is 0 Å². The third-order valence-corrected chi connectivity index (χ3v) is 4.04. The number of carbonyl (C=O) groups excluding carboxylic acids is 3. The van der Waals surface area contributed by atoms with Gasteiger partial charge in [-0.2, -0.15) is 0 Å². The van der Waals surface area contributed by atoms with E-state index in [0.717, 1.165) is 11.1 Å². The maximum Gasteiger partial charge on any atom is 0.339 e. The van der Waals surface area contributed by atoms with E-state index in [1.807, 2.05) is 19.9 Å². The molecule has 0 spiro atoms. The van der Waals surface area contributed by atoms with E-state index in [2.05, 4.69) is 5.32 Å². The number of nitrogens with one attached hydrogen (secondary N) is 1. The van der Waals surface area contributed by atoms with Gasteiger partial charge in [0.2, 0.25) is 0 Å². The van der Waals surface area contributed by atoms with Crippen LogP contribution in [0.2, 0.25) is 0 Å². The number of ketones is 1. The fourth-order valence-corrected chi connectivity index (χ4v) is 2.28. The summed E-state index contributed by atoms with van der Waals surface area (Å²) in [6, 6.07) is 11.9. The summed E-state index contributed by atoms with van der Waals surface area (Å²) in [7, 11) is 0. The fraction of sp³-hybridized carbons (Fsp3) is 0.250. The van der Waals surface area contributed by atoms with Crippen LogP contribution in [-0.2, 0) is 9.53 Å². The van der Waals surface area contributed by atoms with Crippen LogP contribution in [0.15, 0.2) is 42.5 Å². The van der Waals surface area contributed by atoms with E-state index >= 15 is 0 Å². The Morgan fingerprint density at radius 1 is 1.00 bits per heavy atom. The third-order valence-electron chi connectivity index (χ3n) is 4.04. The van der Waals surface area contributed by atoms with Crippen LogP contribution in [0.25, 0.3) is 0 Å². The Labute approximate surface area is 147 Å². The van der Waals surface area contributed by atoms with Crippen LogP contribution < -0.4 is 5.32 Å². The molecule has 0 bridgehead atoms. The molecule has 0 aromatic heterocycles. The van der Waals surface area contributed by atoms with E-state index < -0.39 is 18.0 Å². The lowest BCUT2D eigenvalue weighted by atomic mass is 10.0. The van der Waals surface area contributed by atoms with E-state index in [9.17, 15) is 14.4 Å². The molecular weight excluding hydrogens is 318 g/mol. The van der Waals surface area contributed by atoms with Gasteiger partial charge in [-0.1, -0.05) is 12.1 Å². The number of hydrogen-bond donors (Lipinski definition) is 1. The van der Waals surface area contributed by atoms with Gasteiger partial charge in [-0.3, -0.25) is 9.59 Å². The summed E-state index contributed by atoms with van der Waals surface area (Å²) in [4.78, 5) is 35.7. The van der Waals surface area contributed by atoms with Crippen molar-refractivity contribution in [2.75, 3.05) is 5.32 Å². The van der Waals surface area contributed by atoms with E-state index in [-0.39, 0.29) is 5.78 Å². The van der Waals surface area contributed by atoms with Gasteiger partial charge < -0.3 is 10.1 Å². The molecule has 5 heteroatoms. The second-order valence-corrected chi connectivity index (χ2v) is 5.92. The summed E-state index contributed by atoms with van der Waals surface area (Å²) >= 11 is 0. The first-order valence-corrected chi connectivity index (χ1v) is 7.98. The summed E-state index contributed by atoms with van der Waals surface area (Å²) in [5.41, 5.74) is 3.36. The van der Waals surface area contributed by atoms with E-state index in [1.54, 1.807) is 36.4 Å². The minimum absolute atomic E-state index is 0.0475. The highest BCUT2D eigenvalue weighted by molar-refractivity contribution is 5.98. The highest BCUT2D eigenvalue weighted by atomic mass is 16.5. The molecule has 25 heavy (non-hydrogen) atoms. The second-order valence-electron chi connectivity index (χ2n) is 5.92. The number of esters is 1. The molecule has 1 atom stereocenters. The molecule has 0 aliphatic rings. The maximum atomic E-state index is 12.3. The number of benzene rings is 2. The molecule has 0 fully saturated rings. The molecule has 0 saturated carbocycles. The number of rotatable bonds is 5. The first-order chi connectivity index (χ1) is 11.8. The molecule has 5 nitrogen and oxygen atoms in total. The number of Topliss-reactive ketones (excluding diaryl/α,β-unsaturated/α-hetero) is 1. The van der Waals surface area contributed by atoms with Gasteiger partial charge in [0, 0.05) is 11.3 Å². The molecule has 0 heterocycles. The van der Waals surface area contributed by atoms with Crippen molar-refractivity contribution in [1.29, 1.82) is 0 Å². The minimum Gasteiger partial charge on any atom is -0.449 e. The van der Waals surface area contributed by atoms with E-state index in [1.165, 1.54) is 13.8 Å². The lowest BCUT2D eigenvalue weighted by molar-refractivity contribution is -0.123. The maximum absolute atomic E-state index is 12.3. The summed E-state index contributed by atoms with van der Waals surface area (Å²) in [6.07, 6.45) is -0.945. The van der Waals surface area contributed by atoms with Crippen LogP contribution in [0.3, 0.4) is 0 Å². The Bertz CT molecular complexity index is 809. The third kappa shape index (κ3) is 4.53. The first kappa shape index (κ1) is 18.4. The van der Waals surface area contributed by atoms with Crippen molar-refractivity contribution >= 4 is 23.3 Å². The number of aryl methyl sites for hydroxylation is 1. The number of amides is 1. The van der Waals surface area contributed by atoms with Crippen LogP contribution in [0.1, 0.15) is 45.7 Å². The predicted molar refractivity (Wildman–Crippen MR) is 95.9 cm³/mol. The first-order valence-electron chi connectivity index (χ1n) is 7.98. The molecule has 2 aromatic rings. The zero-order chi connectivity index (χ0) is 18.6. The van der Waals surface area contributed by atoms with Crippen LogP contribution in [0.5, 0.6) is 0 Å². The zero-order valence-electron chi connectivity index (χ0n) is 14.8. The number of anilines is 1. The van der Waals surface area contributed by atoms with Crippen LogP contribution in [0.4, 0.5) is 5.69 Å². The lowest BCUT2D eigenvalue weighted by Gasteiger charge is -2.15.